The molecule has 1 aliphatic rings. The zero-order valence-electron chi connectivity index (χ0n) is 15.8. The van der Waals surface area contributed by atoms with Gasteiger partial charge in [0.2, 0.25) is 0 Å². The molecule has 4 rings (SSSR count). The van der Waals surface area contributed by atoms with E-state index < -0.39 is 15.8 Å². The van der Waals surface area contributed by atoms with Crippen molar-refractivity contribution in [3.8, 4) is 0 Å². The van der Waals surface area contributed by atoms with Crippen molar-refractivity contribution in [2.24, 2.45) is 0 Å². The summed E-state index contributed by atoms with van der Waals surface area (Å²) in [5.74, 6) is 0.221. The van der Waals surface area contributed by atoms with Gasteiger partial charge in [0, 0.05) is 21.9 Å². The Kier molecular flexibility index (Phi) is 5.78. The van der Waals surface area contributed by atoms with Crippen LogP contribution in [0.3, 0.4) is 0 Å². The summed E-state index contributed by atoms with van der Waals surface area (Å²) >= 11 is 1.78. The lowest BCUT2D eigenvalue weighted by atomic mass is 10.0. The van der Waals surface area contributed by atoms with Gasteiger partial charge in [0.1, 0.15) is 5.82 Å². The number of hydrogen-bond donors (Lipinski definition) is 2. The van der Waals surface area contributed by atoms with Crippen LogP contribution in [0.4, 0.5) is 10.1 Å². The molecule has 0 saturated carbocycles. The molecule has 8 heteroatoms. The Morgan fingerprint density at radius 2 is 1.67 bits per heavy atom. The van der Waals surface area contributed by atoms with E-state index >= 15 is 0 Å². The molecule has 5 nitrogen and oxygen atoms in total. The third kappa shape index (κ3) is 4.49. The molecule has 0 radical (unpaired) electrons. The summed E-state index contributed by atoms with van der Waals surface area (Å²) in [4.78, 5) is 13.9. The number of amides is 1. The lowest BCUT2D eigenvalue weighted by Gasteiger charge is -2.25. The smallest absolute Gasteiger partial charge is 0.261 e. The highest BCUT2D eigenvalue weighted by atomic mass is 32.2. The predicted octanol–water partition coefficient (Wildman–Crippen LogP) is 4.59. The summed E-state index contributed by atoms with van der Waals surface area (Å²) in [5.41, 5.74) is 1.74. The predicted molar refractivity (Wildman–Crippen MR) is 116 cm³/mol. The third-order valence-electron chi connectivity index (χ3n) is 4.79. The van der Waals surface area contributed by atoms with Crippen LogP contribution in [0.25, 0.3) is 0 Å². The molecule has 1 amide bonds. The van der Waals surface area contributed by atoms with Gasteiger partial charge in [-0.25, -0.2) is 12.8 Å². The number of fused-ring (bicyclic) bond motifs is 1. The van der Waals surface area contributed by atoms with Gasteiger partial charge >= 0.3 is 0 Å². The fourth-order valence-electron chi connectivity index (χ4n) is 3.25. The molecule has 0 spiro atoms. The van der Waals surface area contributed by atoms with E-state index in [1.54, 1.807) is 11.8 Å². The zero-order valence-corrected chi connectivity index (χ0v) is 17.5. The van der Waals surface area contributed by atoms with Crippen molar-refractivity contribution < 1.29 is 17.6 Å². The minimum Gasteiger partial charge on any atom is -0.345 e. The number of hydrogen-bond acceptors (Lipinski definition) is 4. The van der Waals surface area contributed by atoms with E-state index in [-0.39, 0.29) is 22.5 Å². The van der Waals surface area contributed by atoms with Crippen molar-refractivity contribution in [3.05, 3.63) is 89.7 Å². The minimum atomic E-state index is -3.84. The quantitative estimate of drug-likeness (QED) is 0.606. The number of rotatable bonds is 5. The van der Waals surface area contributed by atoms with Gasteiger partial charge in [-0.15, -0.1) is 11.8 Å². The fourth-order valence-corrected chi connectivity index (χ4v) is 5.43. The molecule has 0 bridgehead atoms. The summed E-state index contributed by atoms with van der Waals surface area (Å²) in [5, 5.41) is 3.04. The van der Waals surface area contributed by atoms with Crippen molar-refractivity contribution in [1.82, 2.24) is 5.32 Å². The van der Waals surface area contributed by atoms with Crippen LogP contribution in [0.5, 0.6) is 0 Å². The molecule has 1 atom stereocenters. The molecule has 3 aromatic rings. The second-order valence-corrected chi connectivity index (χ2v) is 9.66. The van der Waals surface area contributed by atoms with Crippen molar-refractivity contribution in [2.75, 3.05) is 10.5 Å². The van der Waals surface area contributed by atoms with Gasteiger partial charge < -0.3 is 5.32 Å². The van der Waals surface area contributed by atoms with Crippen LogP contribution in [0.2, 0.25) is 0 Å². The number of benzene rings is 3. The van der Waals surface area contributed by atoms with Crippen LogP contribution in [0, 0.1) is 5.82 Å². The molecule has 1 heterocycles. The van der Waals surface area contributed by atoms with E-state index in [1.807, 2.05) is 24.3 Å². The summed E-state index contributed by atoms with van der Waals surface area (Å²) in [7, 11) is -3.84. The van der Waals surface area contributed by atoms with E-state index in [4.69, 9.17) is 0 Å². The first kappa shape index (κ1) is 20.4. The Balaban J connectivity index is 1.47. The fraction of sp³-hybridized carbons (Fsp3) is 0.136. The van der Waals surface area contributed by atoms with Crippen molar-refractivity contribution in [1.29, 1.82) is 0 Å². The van der Waals surface area contributed by atoms with Crippen molar-refractivity contribution in [3.63, 3.8) is 0 Å². The molecule has 0 aliphatic carbocycles. The number of thioether (sulfide) groups is 1. The van der Waals surface area contributed by atoms with E-state index in [9.17, 15) is 17.6 Å². The average Bonchev–Trinajstić information content (AvgIpc) is 2.75. The Labute approximate surface area is 178 Å². The Hall–Kier alpha value is -2.84. The Morgan fingerprint density at radius 1 is 0.967 bits per heavy atom. The summed E-state index contributed by atoms with van der Waals surface area (Å²) in [6, 6.07) is 18.7. The average molecular weight is 443 g/mol. The molecule has 1 aliphatic heterocycles. The second kappa shape index (κ2) is 8.49. The first-order chi connectivity index (χ1) is 14.4. The highest BCUT2D eigenvalue weighted by Gasteiger charge is 2.23. The zero-order chi connectivity index (χ0) is 21.1. The first-order valence-electron chi connectivity index (χ1n) is 9.33. The number of carbonyl (C=O) groups is 1. The second-order valence-electron chi connectivity index (χ2n) is 6.84. The SMILES string of the molecule is O=C(NC1CCSc2ccccc21)c1ccc(S(=O)(=O)Nc2ccc(F)cc2)cc1. The molecule has 3 aromatic carbocycles. The minimum absolute atomic E-state index is 0.0165. The van der Waals surface area contributed by atoms with Crippen LogP contribution in [-0.4, -0.2) is 20.1 Å². The monoisotopic (exact) mass is 442 g/mol. The molecule has 0 saturated heterocycles. The van der Waals surface area contributed by atoms with Crippen molar-refractivity contribution >= 4 is 33.4 Å². The molecule has 0 aromatic heterocycles. The molecule has 0 fully saturated rings. The van der Waals surface area contributed by atoms with Gasteiger partial charge in [-0.05, 0) is 66.6 Å². The van der Waals surface area contributed by atoms with E-state index in [2.05, 4.69) is 10.0 Å². The summed E-state index contributed by atoms with van der Waals surface area (Å²) < 4.78 is 40.4. The number of anilines is 1. The van der Waals surface area contributed by atoms with E-state index in [0.29, 0.717) is 5.56 Å². The van der Waals surface area contributed by atoms with Crippen LogP contribution < -0.4 is 10.0 Å². The Bertz CT molecular complexity index is 1160. The Morgan fingerprint density at radius 3 is 2.40 bits per heavy atom. The molecule has 1 unspecified atom stereocenters. The normalized spacial score (nSPS) is 15.8. The van der Waals surface area contributed by atoms with E-state index in [0.717, 1.165) is 17.7 Å². The van der Waals surface area contributed by atoms with Crippen LogP contribution in [0.1, 0.15) is 28.4 Å². The maximum Gasteiger partial charge on any atom is 0.261 e. The molecule has 30 heavy (non-hydrogen) atoms. The molecule has 154 valence electrons. The van der Waals surface area contributed by atoms with Gasteiger partial charge in [0.05, 0.1) is 10.9 Å². The van der Waals surface area contributed by atoms with Gasteiger partial charge in [0.15, 0.2) is 0 Å². The molecular formula is C22H19FN2O3S2. The summed E-state index contributed by atoms with van der Waals surface area (Å²) in [6.45, 7) is 0. The largest absolute Gasteiger partial charge is 0.345 e. The number of halogens is 1. The van der Waals surface area contributed by atoms with Crippen LogP contribution >= 0.6 is 11.8 Å². The molecular weight excluding hydrogens is 423 g/mol. The van der Waals surface area contributed by atoms with Crippen LogP contribution in [-0.2, 0) is 10.0 Å². The van der Waals surface area contributed by atoms with Gasteiger partial charge in [-0.2, -0.15) is 0 Å². The maximum absolute atomic E-state index is 13.0. The lowest BCUT2D eigenvalue weighted by Crippen LogP contribution is -2.30. The number of carbonyl (C=O) groups excluding carboxylic acids is 1. The van der Waals surface area contributed by atoms with Gasteiger partial charge in [0.25, 0.3) is 15.9 Å². The molecule has 2 N–H and O–H groups in total. The summed E-state index contributed by atoms with van der Waals surface area (Å²) in [6.07, 6.45) is 0.835. The standard InChI is InChI=1S/C22H19FN2O3S2/c23-16-7-9-17(10-8-16)25-30(27,28)18-11-5-15(6-12-18)22(26)24-20-13-14-29-21-4-2-1-3-19(20)21/h1-12,20,25H,13-14H2,(H,24,26). The highest BCUT2D eigenvalue weighted by Crippen LogP contribution is 2.35. The maximum atomic E-state index is 13.0. The van der Waals surface area contributed by atoms with Gasteiger partial charge in [-0.1, -0.05) is 18.2 Å². The lowest BCUT2D eigenvalue weighted by molar-refractivity contribution is 0.0935. The van der Waals surface area contributed by atoms with Gasteiger partial charge in [-0.3, -0.25) is 9.52 Å². The number of nitrogens with one attached hydrogen (secondary N) is 2. The highest BCUT2D eigenvalue weighted by molar-refractivity contribution is 7.99. The third-order valence-corrected chi connectivity index (χ3v) is 7.31. The first-order valence-corrected chi connectivity index (χ1v) is 11.8. The number of sulfonamides is 1. The van der Waals surface area contributed by atoms with Crippen LogP contribution in [0.15, 0.2) is 82.6 Å². The van der Waals surface area contributed by atoms with Crippen molar-refractivity contribution in [2.45, 2.75) is 22.3 Å². The van der Waals surface area contributed by atoms with E-state index in [1.165, 1.54) is 53.4 Å². The topological polar surface area (TPSA) is 75.3 Å².